The molecule has 3 amide bonds. The summed E-state index contributed by atoms with van der Waals surface area (Å²) in [6, 6.07) is 10.2. The van der Waals surface area contributed by atoms with Crippen LogP contribution in [-0.2, 0) is 4.79 Å². The number of ether oxygens (including phenoxy) is 1. The molecule has 7 nitrogen and oxygen atoms in total. The normalized spacial score (nSPS) is 15.3. The van der Waals surface area contributed by atoms with Gasteiger partial charge in [-0.1, -0.05) is 6.07 Å². The zero-order valence-corrected chi connectivity index (χ0v) is 15.4. The second-order valence-electron chi connectivity index (χ2n) is 5.60. The number of benzene rings is 1. The Bertz CT molecular complexity index is 882. The molecule has 3 rings (SSSR count). The number of imide groups is 1. The summed E-state index contributed by atoms with van der Waals surface area (Å²) in [4.78, 5) is 42.1. The maximum absolute atomic E-state index is 12.4. The average molecular weight is 383 g/mol. The van der Waals surface area contributed by atoms with Crippen LogP contribution in [0.1, 0.15) is 15.9 Å². The Morgan fingerprint density at radius 3 is 2.70 bits per heavy atom. The quantitative estimate of drug-likeness (QED) is 0.772. The van der Waals surface area contributed by atoms with E-state index in [1.807, 2.05) is 0 Å². The third-order valence-electron chi connectivity index (χ3n) is 3.83. The fourth-order valence-corrected chi connectivity index (χ4v) is 3.30. The molecule has 27 heavy (non-hydrogen) atoms. The molecule has 0 unspecified atom stereocenters. The van der Waals surface area contributed by atoms with Gasteiger partial charge in [0.25, 0.3) is 17.1 Å². The number of hydrogen-bond donors (Lipinski definition) is 1. The summed E-state index contributed by atoms with van der Waals surface area (Å²) < 4.78 is 5.05. The summed E-state index contributed by atoms with van der Waals surface area (Å²) in [6.45, 7) is 0.278. The lowest BCUT2D eigenvalue weighted by molar-refractivity contribution is -0.122. The first kappa shape index (κ1) is 18.7. The molecule has 0 spiro atoms. The number of nitrogens with zero attached hydrogens (tertiary/aromatic N) is 2. The van der Waals surface area contributed by atoms with Gasteiger partial charge in [0.05, 0.1) is 12.0 Å². The van der Waals surface area contributed by atoms with Gasteiger partial charge < -0.3 is 10.1 Å². The van der Waals surface area contributed by atoms with Crippen molar-refractivity contribution in [2.24, 2.45) is 0 Å². The van der Waals surface area contributed by atoms with E-state index in [2.05, 4.69) is 10.3 Å². The molecule has 1 aromatic heterocycles. The van der Waals surface area contributed by atoms with E-state index in [1.54, 1.807) is 62.0 Å². The molecule has 2 heterocycles. The van der Waals surface area contributed by atoms with Crippen LogP contribution in [0.2, 0.25) is 0 Å². The predicted octanol–water partition coefficient (Wildman–Crippen LogP) is 2.56. The zero-order chi connectivity index (χ0) is 19.2. The zero-order valence-electron chi connectivity index (χ0n) is 14.5. The van der Waals surface area contributed by atoms with Crippen molar-refractivity contribution in [2.45, 2.75) is 0 Å². The number of carbonyl (C=O) groups excluding carboxylic acids is 3. The van der Waals surface area contributed by atoms with Crippen molar-refractivity contribution in [3.8, 4) is 5.75 Å². The number of carbonyl (C=O) groups is 3. The molecule has 138 valence electrons. The third kappa shape index (κ3) is 4.53. The van der Waals surface area contributed by atoms with Crippen LogP contribution in [-0.4, -0.2) is 47.1 Å². The van der Waals surface area contributed by atoms with Crippen molar-refractivity contribution < 1.29 is 19.1 Å². The number of nitrogens with one attached hydrogen (secondary N) is 1. The van der Waals surface area contributed by atoms with Crippen LogP contribution < -0.4 is 10.1 Å². The predicted molar refractivity (Wildman–Crippen MR) is 102 cm³/mol. The van der Waals surface area contributed by atoms with Crippen LogP contribution in [0.4, 0.5) is 4.79 Å². The highest BCUT2D eigenvalue weighted by Gasteiger charge is 2.34. The van der Waals surface area contributed by atoms with Gasteiger partial charge in [-0.2, -0.15) is 0 Å². The highest BCUT2D eigenvalue weighted by Crippen LogP contribution is 2.31. The molecule has 0 saturated carbocycles. The van der Waals surface area contributed by atoms with Gasteiger partial charge in [0.15, 0.2) is 0 Å². The fourth-order valence-electron chi connectivity index (χ4n) is 2.43. The van der Waals surface area contributed by atoms with Crippen molar-refractivity contribution >= 4 is 34.9 Å². The Labute approximate surface area is 160 Å². The number of methoxy groups -OCH3 is 1. The maximum atomic E-state index is 12.4. The Kier molecular flexibility index (Phi) is 5.87. The lowest BCUT2D eigenvalue weighted by Gasteiger charge is -2.13. The van der Waals surface area contributed by atoms with Gasteiger partial charge in [0, 0.05) is 31.0 Å². The Balaban J connectivity index is 1.56. The highest BCUT2D eigenvalue weighted by atomic mass is 32.2. The molecule has 1 saturated heterocycles. The first-order chi connectivity index (χ1) is 13.1. The van der Waals surface area contributed by atoms with Gasteiger partial charge in [-0.3, -0.25) is 24.3 Å². The average Bonchev–Trinajstić information content (AvgIpc) is 2.96. The molecule has 0 radical (unpaired) electrons. The molecule has 2 aromatic rings. The molecule has 1 aromatic carbocycles. The smallest absolute Gasteiger partial charge is 0.293 e. The van der Waals surface area contributed by atoms with Crippen molar-refractivity contribution in [1.82, 2.24) is 15.2 Å². The number of rotatable bonds is 6. The molecule has 1 aliphatic rings. The molecule has 0 aliphatic carbocycles. The Morgan fingerprint density at radius 1 is 1.26 bits per heavy atom. The third-order valence-corrected chi connectivity index (χ3v) is 4.74. The van der Waals surface area contributed by atoms with E-state index in [-0.39, 0.29) is 30.1 Å². The number of thioether (sulfide) groups is 1. The van der Waals surface area contributed by atoms with Gasteiger partial charge in [-0.05, 0) is 53.7 Å². The maximum Gasteiger partial charge on any atom is 0.293 e. The first-order valence-corrected chi connectivity index (χ1v) is 8.98. The molecular weight excluding hydrogens is 366 g/mol. The van der Waals surface area contributed by atoms with Crippen molar-refractivity contribution in [3.63, 3.8) is 0 Å². The minimum atomic E-state index is -0.368. The monoisotopic (exact) mass is 383 g/mol. The molecule has 0 atom stereocenters. The minimum absolute atomic E-state index is 0.108. The highest BCUT2D eigenvalue weighted by molar-refractivity contribution is 8.18. The van der Waals surface area contributed by atoms with Gasteiger partial charge in [-0.15, -0.1) is 0 Å². The minimum Gasteiger partial charge on any atom is -0.497 e. The number of hydrogen-bond acceptors (Lipinski definition) is 6. The second-order valence-corrected chi connectivity index (χ2v) is 6.60. The Morgan fingerprint density at radius 2 is 2.04 bits per heavy atom. The summed E-state index contributed by atoms with van der Waals surface area (Å²) in [5.74, 6) is 0.00726. The largest absolute Gasteiger partial charge is 0.497 e. The SMILES string of the molecule is COc1ccc(C(=O)NCCN2C(=O)SC(=Cc3cccnc3)C2=O)cc1. The number of amides is 3. The number of pyridine rings is 1. The van der Waals surface area contributed by atoms with Crippen LogP contribution in [0.25, 0.3) is 6.08 Å². The summed E-state index contributed by atoms with van der Waals surface area (Å²) in [5.41, 5.74) is 1.22. The van der Waals surface area contributed by atoms with Gasteiger partial charge in [0.1, 0.15) is 5.75 Å². The molecule has 8 heteroatoms. The first-order valence-electron chi connectivity index (χ1n) is 8.16. The summed E-state index contributed by atoms with van der Waals surface area (Å²) >= 11 is 0.880. The Hall–Kier alpha value is -3.13. The molecule has 0 bridgehead atoms. The summed E-state index contributed by atoms with van der Waals surface area (Å²) in [6.07, 6.45) is 4.88. The van der Waals surface area contributed by atoms with Crippen LogP contribution in [0, 0.1) is 0 Å². The van der Waals surface area contributed by atoms with Gasteiger partial charge >= 0.3 is 0 Å². The van der Waals surface area contributed by atoms with Crippen molar-refractivity contribution in [2.75, 3.05) is 20.2 Å². The van der Waals surface area contributed by atoms with Crippen LogP contribution in [0.3, 0.4) is 0 Å². The van der Waals surface area contributed by atoms with E-state index >= 15 is 0 Å². The van der Waals surface area contributed by atoms with E-state index in [9.17, 15) is 14.4 Å². The van der Waals surface area contributed by atoms with E-state index < -0.39 is 0 Å². The summed E-state index contributed by atoms with van der Waals surface area (Å²) in [7, 11) is 1.55. The molecule has 1 fully saturated rings. The fraction of sp³-hybridized carbons (Fsp3) is 0.158. The van der Waals surface area contributed by atoms with Gasteiger partial charge in [-0.25, -0.2) is 0 Å². The number of aromatic nitrogens is 1. The van der Waals surface area contributed by atoms with E-state index in [0.717, 1.165) is 22.2 Å². The van der Waals surface area contributed by atoms with E-state index in [0.29, 0.717) is 16.2 Å². The van der Waals surface area contributed by atoms with Gasteiger partial charge in [0.2, 0.25) is 0 Å². The van der Waals surface area contributed by atoms with E-state index in [4.69, 9.17) is 4.74 Å². The van der Waals surface area contributed by atoms with Crippen LogP contribution in [0.5, 0.6) is 5.75 Å². The van der Waals surface area contributed by atoms with Crippen molar-refractivity contribution in [1.29, 1.82) is 0 Å². The summed E-state index contributed by atoms with van der Waals surface area (Å²) in [5, 5.41) is 2.35. The second kappa shape index (κ2) is 8.50. The lowest BCUT2D eigenvalue weighted by atomic mass is 10.2. The lowest BCUT2D eigenvalue weighted by Crippen LogP contribution is -2.37. The molecule has 1 N–H and O–H groups in total. The van der Waals surface area contributed by atoms with Crippen molar-refractivity contribution in [3.05, 3.63) is 64.8 Å². The van der Waals surface area contributed by atoms with E-state index in [1.165, 1.54) is 0 Å². The van der Waals surface area contributed by atoms with Crippen LogP contribution >= 0.6 is 11.8 Å². The van der Waals surface area contributed by atoms with Crippen LogP contribution in [0.15, 0.2) is 53.7 Å². The standard InChI is InChI=1S/C19H17N3O4S/c1-26-15-6-4-14(5-7-15)17(23)21-9-10-22-18(24)16(27-19(22)25)11-13-3-2-8-20-12-13/h2-8,11-12H,9-10H2,1H3,(H,21,23). The molecule has 1 aliphatic heterocycles. The molecular formula is C19H17N3O4S. The topological polar surface area (TPSA) is 88.6 Å².